The molecule has 0 aliphatic heterocycles. The number of anilines is 3. The van der Waals surface area contributed by atoms with Crippen LogP contribution in [0.4, 0.5) is 17.1 Å². The molecule has 0 saturated carbocycles. The summed E-state index contributed by atoms with van der Waals surface area (Å²) in [5.41, 5.74) is 17.2. The van der Waals surface area contributed by atoms with Crippen molar-refractivity contribution in [2.45, 2.75) is 19.3 Å². The van der Waals surface area contributed by atoms with E-state index in [1.165, 1.54) is 38.8 Å². The molecule has 0 spiro atoms. The van der Waals surface area contributed by atoms with Crippen molar-refractivity contribution in [2.24, 2.45) is 0 Å². The van der Waals surface area contributed by atoms with Gasteiger partial charge in [0.25, 0.3) is 0 Å². The molecule has 0 saturated heterocycles. The number of nitrogens with zero attached hydrogens (tertiary/aromatic N) is 1. The minimum absolute atomic E-state index is 0.0517. The van der Waals surface area contributed by atoms with Crippen molar-refractivity contribution >= 4 is 49.8 Å². The number of fused-ring (bicyclic) bond motifs is 8. The molecule has 0 atom stereocenters. The molecular formula is C56H41NO2. The minimum atomic E-state index is -0.0517. The highest BCUT2D eigenvalue weighted by Gasteiger charge is 2.35. The van der Waals surface area contributed by atoms with Gasteiger partial charge in [-0.05, 0) is 104 Å². The van der Waals surface area contributed by atoms with Crippen LogP contribution in [-0.4, -0.2) is 7.11 Å². The molecule has 0 fully saturated rings. The molecule has 9 aromatic carbocycles. The second-order valence-corrected chi connectivity index (χ2v) is 16.1. The fraction of sp³-hybridized carbons (Fsp3) is 0.0714. The van der Waals surface area contributed by atoms with Crippen LogP contribution in [-0.2, 0) is 5.41 Å². The maximum absolute atomic E-state index is 6.74. The topological polar surface area (TPSA) is 25.6 Å². The van der Waals surface area contributed by atoms with Crippen LogP contribution in [0.1, 0.15) is 25.0 Å². The Balaban J connectivity index is 1.04. The van der Waals surface area contributed by atoms with Gasteiger partial charge in [-0.25, -0.2) is 0 Å². The minimum Gasteiger partial charge on any atom is -0.497 e. The van der Waals surface area contributed by atoms with Crippen molar-refractivity contribution in [3.63, 3.8) is 0 Å². The van der Waals surface area contributed by atoms with Gasteiger partial charge >= 0.3 is 0 Å². The number of para-hydroxylation sites is 2. The van der Waals surface area contributed by atoms with Gasteiger partial charge in [0.1, 0.15) is 16.9 Å². The van der Waals surface area contributed by atoms with Crippen LogP contribution < -0.4 is 9.64 Å². The highest BCUT2D eigenvalue weighted by Crippen LogP contribution is 2.51. The van der Waals surface area contributed by atoms with E-state index < -0.39 is 0 Å². The first kappa shape index (κ1) is 34.9. The normalized spacial score (nSPS) is 12.8. The van der Waals surface area contributed by atoms with Gasteiger partial charge in [-0.3, -0.25) is 0 Å². The van der Waals surface area contributed by atoms with Crippen LogP contribution in [0.5, 0.6) is 5.75 Å². The lowest BCUT2D eigenvalue weighted by Crippen LogP contribution is -2.14. The van der Waals surface area contributed by atoms with Gasteiger partial charge in [0.2, 0.25) is 0 Å². The van der Waals surface area contributed by atoms with Crippen molar-refractivity contribution in [3.8, 4) is 50.3 Å². The van der Waals surface area contributed by atoms with E-state index in [-0.39, 0.29) is 5.41 Å². The first-order valence-corrected chi connectivity index (χ1v) is 20.3. The van der Waals surface area contributed by atoms with Crippen molar-refractivity contribution < 1.29 is 9.15 Å². The van der Waals surface area contributed by atoms with E-state index in [4.69, 9.17) is 9.15 Å². The van der Waals surface area contributed by atoms with Gasteiger partial charge in [-0.15, -0.1) is 0 Å². The third-order valence-electron chi connectivity index (χ3n) is 12.4. The molecule has 3 heteroatoms. The first-order valence-electron chi connectivity index (χ1n) is 20.3. The highest BCUT2D eigenvalue weighted by atomic mass is 16.5. The molecule has 0 N–H and O–H groups in total. The van der Waals surface area contributed by atoms with Crippen LogP contribution in [0.15, 0.2) is 199 Å². The molecular weight excluding hydrogens is 719 g/mol. The molecule has 0 radical (unpaired) electrons. The molecule has 1 aliphatic rings. The number of hydrogen-bond donors (Lipinski definition) is 0. The van der Waals surface area contributed by atoms with E-state index in [1.807, 2.05) is 12.1 Å². The maximum atomic E-state index is 6.74. The van der Waals surface area contributed by atoms with Gasteiger partial charge in [-0.2, -0.15) is 0 Å². The summed E-state index contributed by atoms with van der Waals surface area (Å²) in [6, 6.07) is 70.0. The molecule has 1 aromatic heterocycles. The molecule has 1 heterocycles. The Kier molecular flexibility index (Phi) is 8.06. The van der Waals surface area contributed by atoms with Crippen molar-refractivity contribution in [1.29, 1.82) is 0 Å². The standard InChI is InChI=1S/C56H41NO2/c1-56(2)51-17-8-6-14-47(51)50-35-40(26-34-52(50)56)44-12-7-9-18-53(44)57(41-27-19-36(20-28-41)37-23-31-43(58-3)32-24-37)42-29-21-39(22-30-42)46-15-10-16-48-49-33-25-38-11-4-5-13-45(38)55(49)59-54(46)48/h4-35H,1-3H3. The molecule has 10 aromatic rings. The number of ether oxygens (including phenoxy) is 1. The number of benzene rings is 9. The number of methoxy groups -OCH3 is 1. The van der Waals surface area contributed by atoms with Crippen LogP contribution in [0.2, 0.25) is 0 Å². The largest absolute Gasteiger partial charge is 0.497 e. The van der Waals surface area contributed by atoms with Crippen molar-refractivity contribution in [3.05, 3.63) is 205 Å². The highest BCUT2D eigenvalue weighted by molar-refractivity contribution is 6.17. The van der Waals surface area contributed by atoms with Gasteiger partial charge < -0.3 is 14.1 Å². The average molecular weight is 760 g/mol. The summed E-state index contributed by atoms with van der Waals surface area (Å²) in [5, 5.41) is 4.57. The van der Waals surface area contributed by atoms with E-state index in [0.29, 0.717) is 0 Å². The molecule has 3 nitrogen and oxygen atoms in total. The lowest BCUT2D eigenvalue weighted by atomic mass is 9.82. The second-order valence-electron chi connectivity index (χ2n) is 16.1. The van der Waals surface area contributed by atoms with Gasteiger partial charge in [0.15, 0.2) is 0 Å². The van der Waals surface area contributed by atoms with Crippen molar-refractivity contribution in [1.82, 2.24) is 0 Å². The maximum Gasteiger partial charge on any atom is 0.143 e. The Hall–Kier alpha value is -7.36. The fourth-order valence-corrected chi connectivity index (χ4v) is 9.36. The monoisotopic (exact) mass is 759 g/mol. The number of rotatable bonds is 7. The zero-order valence-corrected chi connectivity index (χ0v) is 33.2. The molecule has 11 rings (SSSR count). The van der Waals surface area contributed by atoms with Gasteiger partial charge in [0, 0.05) is 44.1 Å². The number of hydrogen-bond acceptors (Lipinski definition) is 3. The molecule has 59 heavy (non-hydrogen) atoms. The summed E-state index contributed by atoms with van der Waals surface area (Å²) in [7, 11) is 1.70. The van der Waals surface area contributed by atoms with Crippen LogP contribution in [0.3, 0.4) is 0 Å². The quantitative estimate of drug-likeness (QED) is 0.162. The van der Waals surface area contributed by atoms with Crippen molar-refractivity contribution in [2.75, 3.05) is 12.0 Å². The Morgan fingerprint density at radius 3 is 1.76 bits per heavy atom. The second kappa shape index (κ2) is 13.6. The molecule has 282 valence electrons. The fourth-order valence-electron chi connectivity index (χ4n) is 9.36. The molecule has 1 aliphatic carbocycles. The Labute approximate surface area is 344 Å². The predicted molar refractivity (Wildman–Crippen MR) is 246 cm³/mol. The summed E-state index contributed by atoms with van der Waals surface area (Å²) in [6.45, 7) is 4.67. The molecule has 0 amide bonds. The average Bonchev–Trinajstić information content (AvgIpc) is 3.79. The Bertz CT molecular complexity index is 3210. The zero-order chi connectivity index (χ0) is 39.7. The summed E-state index contributed by atoms with van der Waals surface area (Å²) >= 11 is 0. The van der Waals surface area contributed by atoms with Crippen LogP contribution in [0.25, 0.3) is 77.2 Å². The van der Waals surface area contributed by atoms with E-state index >= 15 is 0 Å². The van der Waals surface area contributed by atoms with E-state index in [2.05, 4.69) is 201 Å². The SMILES string of the molecule is COc1ccc(-c2ccc(N(c3ccc(-c4cccc5c4oc4c6ccccc6ccc54)cc3)c3ccccc3-c3ccc4c(c3)-c3ccccc3C4(C)C)cc2)cc1. The van der Waals surface area contributed by atoms with E-state index in [0.717, 1.165) is 72.4 Å². The first-order chi connectivity index (χ1) is 29.0. The predicted octanol–water partition coefficient (Wildman–Crippen LogP) is 15.5. The van der Waals surface area contributed by atoms with E-state index in [9.17, 15) is 0 Å². The van der Waals surface area contributed by atoms with Crippen LogP contribution in [0, 0.1) is 0 Å². The Morgan fingerprint density at radius 1 is 0.424 bits per heavy atom. The Morgan fingerprint density at radius 2 is 1.00 bits per heavy atom. The summed E-state index contributed by atoms with van der Waals surface area (Å²) in [4.78, 5) is 2.38. The summed E-state index contributed by atoms with van der Waals surface area (Å²) in [5.74, 6) is 0.847. The smallest absolute Gasteiger partial charge is 0.143 e. The number of furan rings is 1. The third kappa shape index (κ3) is 5.65. The van der Waals surface area contributed by atoms with Gasteiger partial charge in [0.05, 0.1) is 12.8 Å². The van der Waals surface area contributed by atoms with E-state index in [1.54, 1.807) is 7.11 Å². The lowest BCUT2D eigenvalue weighted by Gasteiger charge is -2.28. The summed E-state index contributed by atoms with van der Waals surface area (Å²) in [6.07, 6.45) is 0. The molecule has 0 unspecified atom stereocenters. The zero-order valence-electron chi connectivity index (χ0n) is 33.2. The molecule has 0 bridgehead atoms. The third-order valence-corrected chi connectivity index (χ3v) is 12.4. The summed E-state index contributed by atoms with van der Waals surface area (Å²) < 4.78 is 12.2. The lowest BCUT2D eigenvalue weighted by molar-refractivity contribution is 0.415. The van der Waals surface area contributed by atoms with Crippen LogP contribution >= 0.6 is 0 Å². The van der Waals surface area contributed by atoms with Gasteiger partial charge in [-0.1, -0.05) is 153 Å².